The summed E-state index contributed by atoms with van der Waals surface area (Å²) in [6, 6.07) is 13.7. The highest BCUT2D eigenvalue weighted by Gasteiger charge is 2.12. The quantitative estimate of drug-likeness (QED) is 0.711. The second-order valence-electron chi connectivity index (χ2n) is 5.07. The zero-order chi connectivity index (χ0) is 16.9. The molecule has 3 rings (SSSR count). The van der Waals surface area contributed by atoms with Gasteiger partial charge in [-0.1, -0.05) is 58.9 Å². The molecule has 1 amide bonds. The third-order valence-corrected chi connectivity index (χ3v) is 4.01. The van der Waals surface area contributed by atoms with Crippen LogP contribution in [0.3, 0.4) is 0 Å². The molecule has 1 aromatic heterocycles. The van der Waals surface area contributed by atoms with Crippen LogP contribution in [0.2, 0.25) is 0 Å². The van der Waals surface area contributed by atoms with Crippen molar-refractivity contribution in [3.05, 3.63) is 59.9 Å². The van der Waals surface area contributed by atoms with E-state index < -0.39 is 5.82 Å². The first-order valence-electron chi connectivity index (χ1n) is 7.20. The summed E-state index contributed by atoms with van der Waals surface area (Å²) in [6.45, 7) is 2.00. The van der Waals surface area contributed by atoms with E-state index in [9.17, 15) is 9.18 Å². The fourth-order valence-corrected chi connectivity index (χ4v) is 2.53. The van der Waals surface area contributed by atoms with Crippen LogP contribution >= 0.6 is 11.8 Å². The SMILES string of the molecule is Cc1ccc(-c2noc(SCC(=O)Nc3ccccc3F)n2)cc1. The lowest BCUT2D eigenvalue weighted by Gasteiger charge is -2.04. The summed E-state index contributed by atoms with van der Waals surface area (Å²) in [4.78, 5) is 16.1. The van der Waals surface area contributed by atoms with Crippen molar-refractivity contribution in [1.82, 2.24) is 10.1 Å². The van der Waals surface area contributed by atoms with Gasteiger partial charge in [-0.3, -0.25) is 4.79 Å². The molecule has 7 heteroatoms. The van der Waals surface area contributed by atoms with Gasteiger partial charge in [0.25, 0.3) is 5.22 Å². The molecule has 0 aliphatic carbocycles. The maximum atomic E-state index is 13.5. The molecule has 0 bridgehead atoms. The van der Waals surface area contributed by atoms with E-state index in [0.29, 0.717) is 5.82 Å². The molecular weight excluding hydrogens is 329 g/mol. The zero-order valence-electron chi connectivity index (χ0n) is 12.8. The molecular formula is C17H14FN3O2S. The number of anilines is 1. The van der Waals surface area contributed by atoms with Gasteiger partial charge < -0.3 is 9.84 Å². The summed E-state index contributed by atoms with van der Waals surface area (Å²) in [5.41, 5.74) is 2.13. The number of nitrogens with zero attached hydrogens (tertiary/aromatic N) is 2. The Morgan fingerprint density at radius 2 is 1.96 bits per heavy atom. The third kappa shape index (κ3) is 3.99. The van der Waals surface area contributed by atoms with Gasteiger partial charge in [0.2, 0.25) is 11.7 Å². The Morgan fingerprint density at radius 3 is 2.71 bits per heavy atom. The molecule has 0 unspecified atom stereocenters. The highest BCUT2D eigenvalue weighted by Crippen LogP contribution is 2.22. The summed E-state index contributed by atoms with van der Waals surface area (Å²) < 4.78 is 18.6. The van der Waals surface area contributed by atoms with Crippen molar-refractivity contribution in [2.24, 2.45) is 0 Å². The number of benzene rings is 2. The fraction of sp³-hybridized carbons (Fsp3) is 0.118. The molecule has 122 valence electrons. The van der Waals surface area contributed by atoms with E-state index in [4.69, 9.17) is 4.52 Å². The second kappa shape index (κ2) is 7.27. The fourth-order valence-electron chi connectivity index (χ4n) is 1.96. The van der Waals surface area contributed by atoms with E-state index in [1.807, 2.05) is 31.2 Å². The zero-order valence-corrected chi connectivity index (χ0v) is 13.6. The van der Waals surface area contributed by atoms with Gasteiger partial charge in [-0.15, -0.1) is 0 Å². The Balaban J connectivity index is 1.58. The first-order valence-corrected chi connectivity index (χ1v) is 8.18. The van der Waals surface area contributed by atoms with Crippen LogP contribution in [0, 0.1) is 12.7 Å². The van der Waals surface area contributed by atoms with Crippen LogP contribution < -0.4 is 5.32 Å². The molecule has 0 fully saturated rings. The van der Waals surface area contributed by atoms with E-state index in [-0.39, 0.29) is 22.6 Å². The lowest BCUT2D eigenvalue weighted by molar-refractivity contribution is -0.113. The highest BCUT2D eigenvalue weighted by atomic mass is 32.2. The number of amides is 1. The molecule has 0 saturated heterocycles. The number of hydrogen-bond acceptors (Lipinski definition) is 5. The average molecular weight is 343 g/mol. The molecule has 0 aliphatic heterocycles. The lowest BCUT2D eigenvalue weighted by Crippen LogP contribution is -2.14. The molecule has 0 spiro atoms. The summed E-state index contributed by atoms with van der Waals surface area (Å²) >= 11 is 1.10. The third-order valence-electron chi connectivity index (χ3n) is 3.19. The maximum Gasteiger partial charge on any atom is 0.286 e. The van der Waals surface area contributed by atoms with Gasteiger partial charge in [-0.05, 0) is 19.1 Å². The van der Waals surface area contributed by atoms with Gasteiger partial charge in [0, 0.05) is 5.56 Å². The molecule has 24 heavy (non-hydrogen) atoms. The minimum Gasteiger partial charge on any atom is -0.327 e. The molecule has 5 nitrogen and oxygen atoms in total. The Hall–Kier alpha value is -2.67. The number of carbonyl (C=O) groups excluding carboxylic acids is 1. The molecule has 1 heterocycles. The standard InChI is InChI=1S/C17H14FN3O2S/c1-11-6-8-12(9-7-11)16-20-17(23-21-16)24-10-15(22)19-14-5-3-2-4-13(14)18/h2-9H,10H2,1H3,(H,19,22). The normalized spacial score (nSPS) is 10.6. The van der Waals surface area contributed by atoms with Crippen molar-refractivity contribution >= 4 is 23.4 Å². The summed E-state index contributed by atoms with van der Waals surface area (Å²) in [6.07, 6.45) is 0. The molecule has 2 aromatic carbocycles. The van der Waals surface area contributed by atoms with Crippen LogP contribution in [-0.2, 0) is 4.79 Å². The highest BCUT2D eigenvalue weighted by molar-refractivity contribution is 7.99. The van der Waals surface area contributed by atoms with E-state index in [2.05, 4.69) is 15.5 Å². The molecule has 0 saturated carbocycles. The second-order valence-corrected chi connectivity index (χ2v) is 5.99. The first-order chi connectivity index (χ1) is 11.6. The average Bonchev–Trinajstić information content (AvgIpc) is 3.05. The molecule has 0 radical (unpaired) electrons. The summed E-state index contributed by atoms with van der Waals surface area (Å²) in [5, 5.41) is 6.68. The number of para-hydroxylation sites is 1. The van der Waals surface area contributed by atoms with E-state index in [0.717, 1.165) is 22.9 Å². The maximum absolute atomic E-state index is 13.5. The number of aryl methyl sites for hydroxylation is 1. The van der Waals surface area contributed by atoms with Gasteiger partial charge in [-0.2, -0.15) is 4.98 Å². The van der Waals surface area contributed by atoms with Gasteiger partial charge in [0.1, 0.15) is 5.82 Å². The molecule has 0 atom stereocenters. The number of halogens is 1. The number of carbonyl (C=O) groups is 1. The number of hydrogen-bond donors (Lipinski definition) is 1. The lowest BCUT2D eigenvalue weighted by atomic mass is 10.1. The van der Waals surface area contributed by atoms with Crippen molar-refractivity contribution in [1.29, 1.82) is 0 Å². The summed E-state index contributed by atoms with van der Waals surface area (Å²) in [5.74, 6) is -0.313. The number of aromatic nitrogens is 2. The van der Waals surface area contributed by atoms with Crippen LogP contribution in [0.25, 0.3) is 11.4 Å². The minimum absolute atomic E-state index is 0.0455. The van der Waals surface area contributed by atoms with Crippen LogP contribution in [0.5, 0.6) is 0 Å². The molecule has 1 N–H and O–H groups in total. The van der Waals surface area contributed by atoms with Crippen molar-refractivity contribution in [3.63, 3.8) is 0 Å². The molecule has 3 aromatic rings. The van der Waals surface area contributed by atoms with Crippen LogP contribution in [0.15, 0.2) is 58.3 Å². The number of nitrogens with one attached hydrogen (secondary N) is 1. The smallest absolute Gasteiger partial charge is 0.286 e. The van der Waals surface area contributed by atoms with E-state index in [1.165, 1.54) is 12.1 Å². The van der Waals surface area contributed by atoms with Crippen molar-refractivity contribution in [2.45, 2.75) is 12.1 Å². The van der Waals surface area contributed by atoms with Gasteiger partial charge in [-0.25, -0.2) is 4.39 Å². The Bertz CT molecular complexity index is 849. The van der Waals surface area contributed by atoms with Crippen molar-refractivity contribution in [2.75, 3.05) is 11.1 Å². The Kier molecular flexibility index (Phi) is 4.90. The van der Waals surface area contributed by atoms with Crippen molar-refractivity contribution in [3.8, 4) is 11.4 Å². The van der Waals surface area contributed by atoms with Gasteiger partial charge in [0.05, 0.1) is 11.4 Å². The van der Waals surface area contributed by atoms with E-state index >= 15 is 0 Å². The van der Waals surface area contributed by atoms with Crippen LogP contribution in [-0.4, -0.2) is 21.8 Å². The van der Waals surface area contributed by atoms with Crippen LogP contribution in [0.1, 0.15) is 5.56 Å². The number of rotatable bonds is 5. The topological polar surface area (TPSA) is 68.0 Å². The Labute approximate surface area is 142 Å². The minimum atomic E-state index is -0.477. The van der Waals surface area contributed by atoms with Gasteiger partial charge >= 0.3 is 0 Å². The largest absolute Gasteiger partial charge is 0.327 e. The van der Waals surface area contributed by atoms with Gasteiger partial charge in [0.15, 0.2) is 0 Å². The van der Waals surface area contributed by atoms with E-state index in [1.54, 1.807) is 12.1 Å². The summed E-state index contributed by atoms with van der Waals surface area (Å²) in [7, 11) is 0. The predicted molar refractivity (Wildman–Crippen MR) is 90.2 cm³/mol. The van der Waals surface area contributed by atoms with Crippen LogP contribution in [0.4, 0.5) is 10.1 Å². The first kappa shape index (κ1) is 16.2. The number of thioether (sulfide) groups is 1. The van der Waals surface area contributed by atoms with Crippen molar-refractivity contribution < 1.29 is 13.7 Å². The Morgan fingerprint density at radius 1 is 1.21 bits per heavy atom. The monoisotopic (exact) mass is 343 g/mol. The predicted octanol–water partition coefficient (Wildman–Crippen LogP) is 3.91. The molecule has 0 aliphatic rings.